The molecule has 1 atom stereocenters. The van der Waals surface area contributed by atoms with Gasteiger partial charge >= 0.3 is 0 Å². The highest BCUT2D eigenvalue weighted by Crippen LogP contribution is 2.31. The predicted octanol–water partition coefficient (Wildman–Crippen LogP) is 4.04. The molecule has 0 amide bonds. The van der Waals surface area contributed by atoms with E-state index in [-0.39, 0.29) is 12.4 Å². The van der Waals surface area contributed by atoms with Crippen LogP contribution in [0.1, 0.15) is 12.8 Å². The van der Waals surface area contributed by atoms with Crippen molar-refractivity contribution in [1.29, 1.82) is 0 Å². The topological polar surface area (TPSA) is 52.9 Å². The summed E-state index contributed by atoms with van der Waals surface area (Å²) in [7, 11) is 0. The number of aliphatic hydroxyl groups excluding tert-OH is 1. The zero-order valence-corrected chi connectivity index (χ0v) is 16.1. The molecule has 6 heteroatoms. The molecule has 0 bridgehead atoms. The third-order valence-electron chi connectivity index (χ3n) is 4.40. The van der Waals surface area contributed by atoms with Gasteiger partial charge in [0.2, 0.25) is 0 Å². The molecule has 0 spiro atoms. The number of β-amino-alcohol motifs (C(OH)–C–C–N with tert-alkyl or cyclic N) is 1. The van der Waals surface area contributed by atoms with Gasteiger partial charge in [-0.05, 0) is 74.5 Å². The Kier molecular flexibility index (Phi) is 7.08. The van der Waals surface area contributed by atoms with E-state index in [9.17, 15) is 10.2 Å². The zero-order valence-electron chi connectivity index (χ0n) is 14.6. The number of hydrogen-bond donors (Lipinski definition) is 2. The third-order valence-corrected chi connectivity index (χ3v) is 6.00. The van der Waals surface area contributed by atoms with Crippen molar-refractivity contribution < 1.29 is 14.9 Å². The minimum Gasteiger partial charge on any atom is -0.508 e. The minimum absolute atomic E-state index is 0.206. The Hall–Kier alpha value is -1.40. The van der Waals surface area contributed by atoms with Crippen LogP contribution in [0.3, 0.4) is 0 Å². The number of phenolic OH excluding ortho intramolecular Hbond substituents is 1. The number of rotatable bonds is 7. The van der Waals surface area contributed by atoms with Crippen LogP contribution in [0.5, 0.6) is 11.5 Å². The highest BCUT2D eigenvalue weighted by atomic mass is 35.5. The molecule has 0 aromatic heterocycles. The van der Waals surface area contributed by atoms with Gasteiger partial charge in [0.25, 0.3) is 0 Å². The van der Waals surface area contributed by atoms with E-state index in [2.05, 4.69) is 17.0 Å². The Morgan fingerprint density at radius 3 is 2.38 bits per heavy atom. The summed E-state index contributed by atoms with van der Waals surface area (Å²) in [5, 5.41) is 20.8. The number of aliphatic hydroxyl groups is 1. The van der Waals surface area contributed by atoms with Gasteiger partial charge in [-0.2, -0.15) is 0 Å². The molecule has 1 heterocycles. The molecule has 0 unspecified atom stereocenters. The molecule has 140 valence electrons. The van der Waals surface area contributed by atoms with Crippen LogP contribution in [-0.4, -0.2) is 52.7 Å². The summed E-state index contributed by atoms with van der Waals surface area (Å²) >= 11 is 7.84. The van der Waals surface area contributed by atoms with E-state index in [0.29, 0.717) is 17.5 Å². The van der Waals surface area contributed by atoms with Gasteiger partial charge in [0.15, 0.2) is 0 Å². The molecule has 3 rings (SSSR count). The molecule has 1 saturated heterocycles. The second kappa shape index (κ2) is 9.51. The molecule has 0 radical (unpaired) electrons. The Morgan fingerprint density at radius 2 is 1.73 bits per heavy atom. The van der Waals surface area contributed by atoms with Crippen LogP contribution in [0.15, 0.2) is 53.4 Å². The lowest BCUT2D eigenvalue weighted by molar-refractivity contribution is 0.0623. The summed E-state index contributed by atoms with van der Waals surface area (Å²) in [6.07, 6.45) is 1.70. The second-order valence-electron chi connectivity index (χ2n) is 6.53. The molecule has 0 aliphatic carbocycles. The molecule has 1 fully saturated rings. The number of likely N-dealkylation sites (tertiary alicyclic amines) is 1. The van der Waals surface area contributed by atoms with Crippen LogP contribution in [0.25, 0.3) is 0 Å². The van der Waals surface area contributed by atoms with Crippen molar-refractivity contribution in [2.75, 3.05) is 26.2 Å². The van der Waals surface area contributed by atoms with Gasteiger partial charge in [0.1, 0.15) is 24.2 Å². The molecular formula is C20H24ClNO3S. The Labute approximate surface area is 163 Å². The fourth-order valence-electron chi connectivity index (χ4n) is 3.00. The first-order valence-electron chi connectivity index (χ1n) is 8.83. The van der Waals surface area contributed by atoms with Crippen LogP contribution in [-0.2, 0) is 0 Å². The van der Waals surface area contributed by atoms with Crippen LogP contribution < -0.4 is 4.74 Å². The lowest BCUT2D eigenvalue weighted by Gasteiger charge is -2.32. The van der Waals surface area contributed by atoms with Crippen molar-refractivity contribution in [3.63, 3.8) is 0 Å². The average Bonchev–Trinajstić information content (AvgIpc) is 2.65. The summed E-state index contributed by atoms with van der Waals surface area (Å²) in [4.78, 5) is 3.55. The summed E-state index contributed by atoms with van der Waals surface area (Å²) in [5.74, 6) is 0.858. The molecule has 0 saturated carbocycles. The number of piperidine rings is 1. The highest BCUT2D eigenvalue weighted by Gasteiger charge is 2.22. The first kappa shape index (κ1) is 19.4. The van der Waals surface area contributed by atoms with E-state index in [0.717, 1.165) is 31.0 Å². The van der Waals surface area contributed by atoms with E-state index >= 15 is 0 Å². The molecular weight excluding hydrogens is 370 g/mol. The number of phenols is 1. The van der Waals surface area contributed by atoms with E-state index in [1.807, 2.05) is 23.9 Å². The lowest BCUT2D eigenvalue weighted by Crippen LogP contribution is -2.41. The van der Waals surface area contributed by atoms with Crippen LogP contribution in [0, 0.1) is 0 Å². The average molecular weight is 394 g/mol. The number of thioether (sulfide) groups is 1. The van der Waals surface area contributed by atoms with Crippen molar-refractivity contribution in [2.24, 2.45) is 0 Å². The fourth-order valence-corrected chi connectivity index (χ4v) is 4.25. The van der Waals surface area contributed by atoms with Gasteiger partial charge in [0, 0.05) is 21.7 Å². The van der Waals surface area contributed by atoms with Crippen molar-refractivity contribution >= 4 is 23.4 Å². The zero-order chi connectivity index (χ0) is 18.4. The fraction of sp³-hybridized carbons (Fsp3) is 0.400. The molecule has 2 aromatic rings. The number of halogens is 1. The van der Waals surface area contributed by atoms with Crippen molar-refractivity contribution in [2.45, 2.75) is 29.1 Å². The monoisotopic (exact) mass is 393 g/mol. The number of hydrogen-bond acceptors (Lipinski definition) is 5. The molecule has 1 aliphatic rings. The van der Waals surface area contributed by atoms with E-state index in [1.165, 1.54) is 4.90 Å². The summed E-state index contributed by atoms with van der Waals surface area (Å²) in [5.41, 5.74) is 0. The lowest BCUT2D eigenvalue weighted by atomic mass is 10.1. The van der Waals surface area contributed by atoms with E-state index in [1.54, 1.807) is 24.3 Å². The number of aromatic hydroxyl groups is 1. The summed E-state index contributed by atoms with van der Waals surface area (Å²) in [6.45, 7) is 2.85. The van der Waals surface area contributed by atoms with Gasteiger partial charge in [-0.3, -0.25) is 0 Å². The first-order chi connectivity index (χ1) is 12.6. The molecule has 4 nitrogen and oxygen atoms in total. The predicted molar refractivity (Wildman–Crippen MR) is 106 cm³/mol. The normalized spacial score (nSPS) is 17.2. The van der Waals surface area contributed by atoms with Gasteiger partial charge in [-0.25, -0.2) is 0 Å². The quantitative estimate of drug-likeness (QED) is 0.743. The maximum absolute atomic E-state index is 10.2. The molecule has 1 aliphatic heterocycles. The minimum atomic E-state index is -0.524. The molecule has 2 N–H and O–H groups in total. The Balaban J connectivity index is 1.36. The van der Waals surface area contributed by atoms with E-state index < -0.39 is 6.10 Å². The second-order valence-corrected chi connectivity index (χ2v) is 8.34. The Bertz CT molecular complexity index is 672. The van der Waals surface area contributed by atoms with Crippen LogP contribution in [0.2, 0.25) is 5.02 Å². The maximum atomic E-state index is 10.2. The summed E-state index contributed by atoms with van der Waals surface area (Å²) in [6, 6.07) is 14.6. The van der Waals surface area contributed by atoms with E-state index in [4.69, 9.17) is 16.3 Å². The van der Waals surface area contributed by atoms with Crippen LogP contribution in [0.4, 0.5) is 0 Å². The number of nitrogens with zero attached hydrogens (tertiary/aromatic N) is 1. The Morgan fingerprint density at radius 1 is 1.08 bits per heavy atom. The van der Waals surface area contributed by atoms with Crippen LogP contribution >= 0.6 is 23.4 Å². The number of ether oxygens (including phenoxy) is 1. The van der Waals surface area contributed by atoms with Gasteiger partial charge in [-0.15, -0.1) is 11.8 Å². The van der Waals surface area contributed by atoms with Gasteiger partial charge in [-0.1, -0.05) is 11.6 Å². The highest BCUT2D eigenvalue weighted by molar-refractivity contribution is 8.00. The molecule has 2 aromatic carbocycles. The van der Waals surface area contributed by atoms with Gasteiger partial charge in [0.05, 0.1) is 0 Å². The number of benzene rings is 2. The van der Waals surface area contributed by atoms with Crippen molar-refractivity contribution in [1.82, 2.24) is 4.90 Å². The summed E-state index contributed by atoms with van der Waals surface area (Å²) < 4.78 is 5.57. The van der Waals surface area contributed by atoms with Crippen molar-refractivity contribution in [3.8, 4) is 11.5 Å². The molecule has 26 heavy (non-hydrogen) atoms. The maximum Gasteiger partial charge on any atom is 0.119 e. The van der Waals surface area contributed by atoms with Gasteiger partial charge < -0.3 is 19.8 Å². The third kappa shape index (κ3) is 6.09. The van der Waals surface area contributed by atoms with Crippen molar-refractivity contribution in [3.05, 3.63) is 53.6 Å². The smallest absolute Gasteiger partial charge is 0.119 e. The SMILES string of the molecule is Oc1ccc(OC[C@@H](O)CN2CCC(Sc3ccc(Cl)cc3)CC2)cc1. The first-order valence-corrected chi connectivity index (χ1v) is 10.1. The largest absolute Gasteiger partial charge is 0.508 e. The standard InChI is InChI=1S/C20H24ClNO3S/c21-15-1-7-19(8-2-15)26-20-9-11-22(12-10-20)13-17(24)14-25-18-5-3-16(23)4-6-18/h1-8,17,20,23-24H,9-14H2/t17-/m0/s1.